The summed E-state index contributed by atoms with van der Waals surface area (Å²) < 4.78 is 0. The summed E-state index contributed by atoms with van der Waals surface area (Å²) in [5.41, 5.74) is 5.58. The van der Waals surface area contributed by atoms with E-state index in [1.807, 2.05) is 63.2 Å². The highest BCUT2D eigenvalue weighted by molar-refractivity contribution is 6.30. The fourth-order valence-corrected chi connectivity index (χ4v) is 3.91. The Labute approximate surface area is 186 Å². The van der Waals surface area contributed by atoms with Crippen molar-refractivity contribution in [3.63, 3.8) is 0 Å². The van der Waals surface area contributed by atoms with Crippen molar-refractivity contribution in [2.45, 2.75) is 27.3 Å². The van der Waals surface area contributed by atoms with Crippen molar-refractivity contribution < 1.29 is 4.79 Å². The molecule has 3 aromatic carbocycles. The van der Waals surface area contributed by atoms with Gasteiger partial charge in [-0.2, -0.15) is 0 Å². The van der Waals surface area contributed by atoms with E-state index in [2.05, 4.69) is 4.98 Å². The van der Waals surface area contributed by atoms with Gasteiger partial charge in [-0.3, -0.25) is 9.59 Å². The fourth-order valence-electron chi connectivity index (χ4n) is 3.78. The lowest BCUT2D eigenvalue weighted by molar-refractivity contribution is 0.0985. The molecule has 31 heavy (non-hydrogen) atoms. The van der Waals surface area contributed by atoms with Crippen LogP contribution in [0.5, 0.6) is 0 Å². The number of nitrogens with one attached hydrogen (secondary N) is 1. The summed E-state index contributed by atoms with van der Waals surface area (Å²) in [6.07, 6.45) is 0. The van der Waals surface area contributed by atoms with Crippen LogP contribution in [0.2, 0.25) is 5.02 Å². The molecule has 0 aliphatic carbocycles. The number of aryl methyl sites for hydroxylation is 3. The molecular formula is C26H23ClN2O2. The summed E-state index contributed by atoms with van der Waals surface area (Å²) in [5, 5.41) is 1.50. The third-order valence-electron chi connectivity index (χ3n) is 5.38. The average Bonchev–Trinajstić information content (AvgIpc) is 2.73. The van der Waals surface area contributed by atoms with Gasteiger partial charge in [0.05, 0.1) is 6.54 Å². The molecule has 0 radical (unpaired) electrons. The molecule has 0 saturated carbocycles. The molecule has 1 N–H and O–H groups in total. The molecule has 4 rings (SSSR count). The van der Waals surface area contributed by atoms with Crippen LogP contribution in [0, 0.1) is 20.8 Å². The van der Waals surface area contributed by atoms with Crippen LogP contribution in [0.1, 0.15) is 32.6 Å². The molecule has 1 amide bonds. The van der Waals surface area contributed by atoms with Gasteiger partial charge in [-0.05, 0) is 80.3 Å². The van der Waals surface area contributed by atoms with Crippen molar-refractivity contribution in [3.05, 3.63) is 110 Å². The number of carbonyl (C=O) groups is 1. The van der Waals surface area contributed by atoms with Crippen LogP contribution in [0.3, 0.4) is 0 Å². The van der Waals surface area contributed by atoms with Crippen LogP contribution in [0.25, 0.3) is 10.9 Å². The number of carbonyl (C=O) groups excluding carboxylic acids is 1. The monoisotopic (exact) mass is 430 g/mol. The first-order valence-corrected chi connectivity index (χ1v) is 10.5. The van der Waals surface area contributed by atoms with Gasteiger partial charge >= 0.3 is 0 Å². The van der Waals surface area contributed by atoms with Crippen molar-refractivity contribution in [2.24, 2.45) is 0 Å². The Morgan fingerprint density at radius 3 is 2.29 bits per heavy atom. The number of hydrogen-bond acceptors (Lipinski definition) is 2. The summed E-state index contributed by atoms with van der Waals surface area (Å²) in [6, 6.07) is 20.5. The predicted octanol–water partition coefficient (Wildman–Crippen LogP) is 5.95. The molecule has 4 nitrogen and oxygen atoms in total. The number of benzene rings is 3. The quantitative estimate of drug-likeness (QED) is 0.434. The minimum atomic E-state index is -0.199. The lowest BCUT2D eigenvalue weighted by Gasteiger charge is -2.25. The molecule has 5 heteroatoms. The normalized spacial score (nSPS) is 11.0. The van der Waals surface area contributed by atoms with E-state index in [1.165, 1.54) is 0 Å². The van der Waals surface area contributed by atoms with E-state index in [4.69, 9.17) is 11.6 Å². The minimum Gasteiger partial charge on any atom is -0.322 e. The van der Waals surface area contributed by atoms with E-state index in [0.717, 1.165) is 33.3 Å². The lowest BCUT2D eigenvalue weighted by Crippen LogP contribution is -2.33. The molecule has 0 unspecified atom stereocenters. The molecule has 0 saturated heterocycles. The zero-order valence-corrected chi connectivity index (χ0v) is 18.5. The number of rotatable bonds is 4. The highest BCUT2D eigenvalue weighted by atomic mass is 35.5. The molecule has 0 fully saturated rings. The van der Waals surface area contributed by atoms with Gasteiger partial charge in [-0.1, -0.05) is 40.9 Å². The summed E-state index contributed by atoms with van der Waals surface area (Å²) in [6.45, 7) is 6.15. The molecule has 0 aliphatic heterocycles. The van der Waals surface area contributed by atoms with Gasteiger partial charge in [-0.25, -0.2) is 0 Å². The van der Waals surface area contributed by atoms with Gasteiger partial charge in [-0.15, -0.1) is 0 Å². The van der Waals surface area contributed by atoms with E-state index in [9.17, 15) is 9.59 Å². The highest BCUT2D eigenvalue weighted by Crippen LogP contribution is 2.26. The van der Waals surface area contributed by atoms with Crippen LogP contribution in [-0.4, -0.2) is 10.9 Å². The molecule has 156 valence electrons. The third-order valence-corrected chi connectivity index (χ3v) is 5.64. The number of fused-ring (bicyclic) bond motifs is 1. The Kier molecular flexibility index (Phi) is 5.66. The number of aromatic nitrogens is 1. The Hall–Kier alpha value is -3.37. The molecule has 1 heterocycles. The second kappa shape index (κ2) is 8.40. The van der Waals surface area contributed by atoms with Crippen molar-refractivity contribution in [3.8, 4) is 0 Å². The van der Waals surface area contributed by atoms with Crippen LogP contribution in [0.15, 0.2) is 71.5 Å². The van der Waals surface area contributed by atoms with Gasteiger partial charge < -0.3 is 9.88 Å². The first kappa shape index (κ1) is 20.9. The van der Waals surface area contributed by atoms with Crippen molar-refractivity contribution in [1.29, 1.82) is 0 Å². The van der Waals surface area contributed by atoms with Gasteiger partial charge in [0.25, 0.3) is 11.5 Å². The minimum absolute atomic E-state index is 0.157. The molecule has 1 aromatic heterocycles. The molecule has 0 bridgehead atoms. The summed E-state index contributed by atoms with van der Waals surface area (Å²) in [5.74, 6) is -0.188. The van der Waals surface area contributed by atoms with Gasteiger partial charge in [0.15, 0.2) is 0 Å². The van der Waals surface area contributed by atoms with E-state index < -0.39 is 0 Å². The molecule has 0 atom stereocenters. The SMILES string of the molecule is Cc1ccc(N(Cc2cc3cc(C)ccc3[nH]c2=O)C(=O)c2ccc(Cl)cc2)c(C)c1. The number of halogens is 1. The molecular weight excluding hydrogens is 408 g/mol. The summed E-state index contributed by atoms with van der Waals surface area (Å²) in [7, 11) is 0. The van der Waals surface area contributed by atoms with E-state index >= 15 is 0 Å². The van der Waals surface area contributed by atoms with Crippen molar-refractivity contribution in [1.82, 2.24) is 4.98 Å². The first-order valence-electron chi connectivity index (χ1n) is 10.1. The highest BCUT2D eigenvalue weighted by Gasteiger charge is 2.21. The largest absolute Gasteiger partial charge is 0.322 e. The van der Waals surface area contributed by atoms with Crippen molar-refractivity contribution >= 4 is 34.1 Å². The zero-order chi connectivity index (χ0) is 22.1. The Morgan fingerprint density at radius 1 is 0.903 bits per heavy atom. The second-order valence-electron chi connectivity index (χ2n) is 7.90. The Bertz CT molecular complexity index is 1340. The maximum absolute atomic E-state index is 13.5. The average molecular weight is 431 g/mol. The standard InChI is InChI=1S/C26H23ClN2O2/c1-16-5-11-24(18(3)12-16)29(26(31)19-6-8-22(27)9-7-19)15-21-14-20-13-17(2)4-10-23(20)28-25(21)30/h4-14H,15H2,1-3H3,(H,28,30). The van der Waals surface area contributed by atoms with Crippen molar-refractivity contribution in [2.75, 3.05) is 4.90 Å². The van der Waals surface area contributed by atoms with Crippen LogP contribution < -0.4 is 10.5 Å². The predicted molar refractivity (Wildman–Crippen MR) is 127 cm³/mol. The summed E-state index contributed by atoms with van der Waals surface area (Å²) >= 11 is 6.00. The van der Waals surface area contributed by atoms with E-state index in [1.54, 1.807) is 29.2 Å². The maximum Gasteiger partial charge on any atom is 0.258 e. The Morgan fingerprint density at radius 2 is 1.58 bits per heavy atom. The Balaban J connectivity index is 1.82. The number of anilines is 1. The van der Waals surface area contributed by atoms with Gasteiger partial charge in [0.1, 0.15) is 0 Å². The van der Waals surface area contributed by atoms with Gasteiger partial charge in [0, 0.05) is 27.4 Å². The number of amides is 1. The molecule has 0 spiro atoms. The number of nitrogens with zero attached hydrogens (tertiary/aromatic N) is 1. The second-order valence-corrected chi connectivity index (χ2v) is 8.34. The first-order chi connectivity index (χ1) is 14.8. The van der Waals surface area contributed by atoms with Crippen LogP contribution >= 0.6 is 11.6 Å². The number of aromatic amines is 1. The van der Waals surface area contributed by atoms with E-state index in [-0.39, 0.29) is 18.0 Å². The van der Waals surface area contributed by atoms with Crippen LogP contribution in [-0.2, 0) is 6.54 Å². The topological polar surface area (TPSA) is 53.2 Å². The maximum atomic E-state index is 13.5. The zero-order valence-electron chi connectivity index (χ0n) is 17.7. The number of H-pyrrole nitrogens is 1. The number of hydrogen-bond donors (Lipinski definition) is 1. The number of pyridine rings is 1. The molecule has 4 aromatic rings. The van der Waals surface area contributed by atoms with Crippen LogP contribution in [0.4, 0.5) is 5.69 Å². The van der Waals surface area contributed by atoms with Gasteiger partial charge in [0.2, 0.25) is 0 Å². The smallest absolute Gasteiger partial charge is 0.258 e. The van der Waals surface area contributed by atoms with E-state index in [0.29, 0.717) is 16.1 Å². The summed E-state index contributed by atoms with van der Waals surface area (Å²) in [4.78, 5) is 30.9. The third kappa shape index (κ3) is 4.39. The lowest BCUT2D eigenvalue weighted by atomic mass is 10.1. The fraction of sp³-hybridized carbons (Fsp3) is 0.154. The molecule has 0 aliphatic rings.